The van der Waals surface area contributed by atoms with Crippen LogP contribution in [-0.4, -0.2) is 48.0 Å². The lowest BCUT2D eigenvalue weighted by Crippen LogP contribution is -2.39. The van der Waals surface area contributed by atoms with Crippen molar-refractivity contribution in [3.8, 4) is 0 Å². The number of hydrogen-bond donors (Lipinski definition) is 2. The first kappa shape index (κ1) is 19.1. The molecule has 2 aromatic carbocycles. The number of benzene rings is 2. The van der Waals surface area contributed by atoms with Crippen molar-refractivity contribution >= 4 is 22.0 Å². The van der Waals surface area contributed by atoms with E-state index in [9.17, 15) is 23.1 Å². The van der Waals surface area contributed by atoms with Crippen LogP contribution in [0.4, 0.5) is 0 Å². The molecule has 1 heterocycles. The second kappa shape index (κ2) is 7.50. The van der Waals surface area contributed by atoms with Crippen LogP contribution < -0.4 is 0 Å². The van der Waals surface area contributed by atoms with Gasteiger partial charge < -0.3 is 10.2 Å². The summed E-state index contributed by atoms with van der Waals surface area (Å²) in [6.07, 6.45) is 1.42. The third kappa shape index (κ3) is 3.86. The van der Waals surface area contributed by atoms with E-state index in [-0.39, 0.29) is 28.5 Å². The molecule has 1 saturated heterocycles. The molecule has 0 bridgehead atoms. The van der Waals surface area contributed by atoms with Gasteiger partial charge in [-0.25, -0.2) is 18.0 Å². The molecule has 1 aliphatic heterocycles. The van der Waals surface area contributed by atoms with Gasteiger partial charge in [0.2, 0.25) is 10.0 Å². The molecule has 0 unspecified atom stereocenters. The van der Waals surface area contributed by atoms with Crippen molar-refractivity contribution in [1.82, 2.24) is 4.31 Å². The van der Waals surface area contributed by atoms with E-state index in [2.05, 4.69) is 0 Å². The van der Waals surface area contributed by atoms with Crippen LogP contribution >= 0.6 is 0 Å². The highest BCUT2D eigenvalue weighted by Gasteiger charge is 2.33. The largest absolute Gasteiger partial charge is 0.478 e. The normalized spacial score (nSPS) is 18.1. The lowest BCUT2D eigenvalue weighted by atomic mass is 9.91. The zero-order valence-electron chi connectivity index (χ0n) is 14.4. The van der Waals surface area contributed by atoms with Crippen molar-refractivity contribution in [2.75, 3.05) is 13.1 Å². The predicted molar refractivity (Wildman–Crippen MR) is 97.5 cm³/mol. The smallest absolute Gasteiger partial charge is 0.337 e. The molecule has 2 aromatic rings. The van der Waals surface area contributed by atoms with E-state index < -0.39 is 22.0 Å². The maximum absolute atomic E-state index is 13.0. The number of sulfonamides is 1. The second-order valence-electron chi connectivity index (χ2n) is 6.43. The maximum atomic E-state index is 13.0. The standard InChI is InChI=1S/C19H19NO6S/c21-18(22)14-9-7-13(8-10-14)15-4-3-11-20(12-15)27(25,26)17-6-2-1-5-16(17)19(23)24/h1-2,5-10,15H,3-4,11-12H2,(H,21,22)(H,23,24)/t15-/m0/s1. The molecule has 1 aliphatic rings. The number of carbonyl (C=O) groups is 2. The van der Waals surface area contributed by atoms with E-state index in [0.29, 0.717) is 13.0 Å². The molecule has 8 heteroatoms. The van der Waals surface area contributed by atoms with Crippen LogP contribution in [0.5, 0.6) is 0 Å². The van der Waals surface area contributed by atoms with Gasteiger partial charge in [-0.1, -0.05) is 24.3 Å². The molecule has 1 fully saturated rings. The first-order valence-electron chi connectivity index (χ1n) is 8.46. The van der Waals surface area contributed by atoms with Gasteiger partial charge in [0.05, 0.1) is 16.0 Å². The number of carboxylic acid groups (broad SMARTS) is 2. The lowest BCUT2D eigenvalue weighted by molar-refractivity contribution is 0.0683. The molecule has 3 rings (SSSR count). The summed E-state index contributed by atoms with van der Waals surface area (Å²) in [6, 6.07) is 12.0. The minimum absolute atomic E-state index is 0.0756. The number of hydrogen-bond acceptors (Lipinski definition) is 4. The van der Waals surface area contributed by atoms with Crippen LogP contribution in [0.2, 0.25) is 0 Å². The quantitative estimate of drug-likeness (QED) is 0.813. The SMILES string of the molecule is O=C(O)c1ccc([C@H]2CCCN(S(=O)(=O)c3ccccc3C(=O)O)C2)cc1. The predicted octanol–water partition coefficient (Wildman–Crippen LogP) is 2.65. The Bertz CT molecular complexity index is 968. The molecule has 142 valence electrons. The molecule has 1 atom stereocenters. The van der Waals surface area contributed by atoms with Gasteiger partial charge in [0.1, 0.15) is 0 Å². The fourth-order valence-corrected chi connectivity index (χ4v) is 5.05. The van der Waals surface area contributed by atoms with Crippen molar-refractivity contribution < 1.29 is 28.2 Å². The fraction of sp³-hybridized carbons (Fsp3) is 0.263. The minimum Gasteiger partial charge on any atom is -0.478 e. The Balaban J connectivity index is 1.87. The maximum Gasteiger partial charge on any atom is 0.337 e. The molecular weight excluding hydrogens is 370 g/mol. The van der Waals surface area contributed by atoms with E-state index in [4.69, 9.17) is 5.11 Å². The molecule has 27 heavy (non-hydrogen) atoms. The van der Waals surface area contributed by atoms with Crippen LogP contribution in [0.3, 0.4) is 0 Å². The van der Waals surface area contributed by atoms with Crippen molar-refractivity contribution in [3.05, 3.63) is 65.2 Å². The Morgan fingerprint density at radius 2 is 1.63 bits per heavy atom. The second-order valence-corrected chi connectivity index (χ2v) is 8.34. The highest BCUT2D eigenvalue weighted by Crippen LogP contribution is 2.31. The third-order valence-corrected chi connectivity index (χ3v) is 6.67. The van der Waals surface area contributed by atoms with E-state index >= 15 is 0 Å². The van der Waals surface area contributed by atoms with Crippen molar-refractivity contribution in [2.24, 2.45) is 0 Å². The zero-order chi connectivity index (χ0) is 19.6. The van der Waals surface area contributed by atoms with E-state index in [1.54, 1.807) is 12.1 Å². The van der Waals surface area contributed by atoms with Gasteiger partial charge in [-0.15, -0.1) is 0 Å². The Labute approximate surface area is 156 Å². The molecule has 0 radical (unpaired) electrons. The van der Waals surface area contributed by atoms with Gasteiger partial charge in [-0.2, -0.15) is 4.31 Å². The first-order chi connectivity index (χ1) is 12.8. The summed E-state index contributed by atoms with van der Waals surface area (Å²) >= 11 is 0. The summed E-state index contributed by atoms with van der Waals surface area (Å²) in [6.45, 7) is 0.544. The summed E-state index contributed by atoms with van der Waals surface area (Å²) < 4.78 is 27.3. The molecule has 0 aliphatic carbocycles. The van der Waals surface area contributed by atoms with Crippen LogP contribution in [0.15, 0.2) is 53.4 Å². The summed E-state index contributed by atoms with van der Waals surface area (Å²) in [5, 5.41) is 18.3. The van der Waals surface area contributed by atoms with Crippen molar-refractivity contribution in [1.29, 1.82) is 0 Å². The average Bonchev–Trinajstić information content (AvgIpc) is 2.68. The number of nitrogens with zero attached hydrogens (tertiary/aromatic N) is 1. The summed E-state index contributed by atoms with van der Waals surface area (Å²) in [4.78, 5) is 22.2. The van der Waals surface area contributed by atoms with Crippen LogP contribution in [0.25, 0.3) is 0 Å². The van der Waals surface area contributed by atoms with Crippen molar-refractivity contribution in [3.63, 3.8) is 0 Å². The summed E-state index contributed by atoms with van der Waals surface area (Å²) in [5.41, 5.74) is 0.797. The van der Waals surface area contributed by atoms with E-state index in [1.165, 1.54) is 40.7 Å². The van der Waals surface area contributed by atoms with Gasteiger partial charge in [-0.05, 0) is 48.6 Å². The van der Waals surface area contributed by atoms with Crippen LogP contribution in [0, 0.1) is 0 Å². The number of piperidine rings is 1. The summed E-state index contributed by atoms with van der Waals surface area (Å²) in [5.74, 6) is -2.37. The highest BCUT2D eigenvalue weighted by molar-refractivity contribution is 7.89. The van der Waals surface area contributed by atoms with Gasteiger partial charge in [-0.3, -0.25) is 0 Å². The van der Waals surface area contributed by atoms with Gasteiger partial charge in [0, 0.05) is 13.1 Å². The van der Waals surface area contributed by atoms with Crippen molar-refractivity contribution in [2.45, 2.75) is 23.7 Å². The molecule has 7 nitrogen and oxygen atoms in total. The zero-order valence-corrected chi connectivity index (χ0v) is 15.2. The van der Waals surface area contributed by atoms with E-state index in [0.717, 1.165) is 12.0 Å². The lowest BCUT2D eigenvalue weighted by Gasteiger charge is -2.32. The minimum atomic E-state index is -3.94. The molecule has 0 spiro atoms. The molecule has 2 N–H and O–H groups in total. The molecular formula is C19H19NO6S. The van der Waals surface area contributed by atoms with Gasteiger partial charge in [0.25, 0.3) is 0 Å². The van der Waals surface area contributed by atoms with Gasteiger partial charge in [0.15, 0.2) is 0 Å². The Morgan fingerprint density at radius 3 is 2.26 bits per heavy atom. The fourth-order valence-electron chi connectivity index (χ4n) is 3.34. The number of carboxylic acids is 2. The molecule has 0 saturated carbocycles. The molecule has 0 aromatic heterocycles. The highest BCUT2D eigenvalue weighted by atomic mass is 32.2. The summed E-state index contributed by atoms with van der Waals surface area (Å²) in [7, 11) is -3.94. The number of rotatable bonds is 5. The number of aromatic carboxylic acids is 2. The monoisotopic (exact) mass is 389 g/mol. The van der Waals surface area contributed by atoms with Crippen LogP contribution in [0.1, 0.15) is 45.0 Å². The average molecular weight is 389 g/mol. The first-order valence-corrected chi connectivity index (χ1v) is 9.90. The van der Waals surface area contributed by atoms with E-state index in [1.807, 2.05) is 0 Å². The van der Waals surface area contributed by atoms with Crippen LogP contribution in [-0.2, 0) is 10.0 Å². The topological polar surface area (TPSA) is 112 Å². The third-order valence-electron chi connectivity index (χ3n) is 4.75. The Morgan fingerprint density at radius 1 is 0.963 bits per heavy atom. The Hall–Kier alpha value is -2.71. The Kier molecular flexibility index (Phi) is 5.29. The van der Waals surface area contributed by atoms with Gasteiger partial charge >= 0.3 is 11.9 Å². The molecule has 0 amide bonds.